The van der Waals surface area contributed by atoms with Gasteiger partial charge in [-0.25, -0.2) is 0 Å². The standard InChI is InChI=1S/C21H42N2O3S/c22-19(16-18-27)21(26)23-17-14-12-10-8-6-4-2-1-3-5-7-9-11-13-15-20(24)25/h19,27H,1-18,22H2,(H,23,26)(H,24,25)/p+1. The number of carboxylic acid groups (broad SMARTS) is 1. The van der Waals surface area contributed by atoms with Crippen molar-refractivity contribution in [1.82, 2.24) is 5.32 Å². The number of carboxylic acids is 1. The van der Waals surface area contributed by atoms with E-state index in [0.29, 0.717) is 12.2 Å². The Balaban J connectivity index is 3.15. The number of hydrogen-bond acceptors (Lipinski definition) is 3. The van der Waals surface area contributed by atoms with Crippen molar-refractivity contribution in [3.8, 4) is 0 Å². The summed E-state index contributed by atoms with van der Waals surface area (Å²) in [5.74, 6) is 0.0917. The summed E-state index contributed by atoms with van der Waals surface area (Å²) in [5, 5.41) is 11.5. The molecule has 1 atom stereocenters. The molecule has 0 bridgehead atoms. The molecule has 1 unspecified atom stereocenters. The second-order valence-corrected chi connectivity index (χ2v) is 8.04. The van der Waals surface area contributed by atoms with Crippen LogP contribution in [0.5, 0.6) is 0 Å². The topological polar surface area (TPSA) is 94.0 Å². The molecule has 0 heterocycles. The van der Waals surface area contributed by atoms with E-state index in [0.717, 1.165) is 32.2 Å². The van der Waals surface area contributed by atoms with E-state index in [1.54, 1.807) is 0 Å². The number of hydrogen-bond donors (Lipinski definition) is 4. The van der Waals surface area contributed by atoms with E-state index < -0.39 is 5.97 Å². The third-order valence-corrected chi connectivity index (χ3v) is 5.22. The van der Waals surface area contributed by atoms with Crippen molar-refractivity contribution in [2.75, 3.05) is 12.3 Å². The lowest BCUT2D eigenvalue weighted by Gasteiger charge is -2.08. The third-order valence-electron chi connectivity index (χ3n) is 4.97. The average molecular weight is 404 g/mol. The SMILES string of the molecule is [NH3+]C(CCS)C(=O)NCCCCCCCCCCCCCCCCC(=O)O. The molecule has 0 saturated carbocycles. The van der Waals surface area contributed by atoms with Gasteiger partial charge in [-0.1, -0.05) is 77.0 Å². The van der Waals surface area contributed by atoms with Gasteiger partial charge in [-0.3, -0.25) is 9.59 Å². The van der Waals surface area contributed by atoms with Crippen molar-refractivity contribution in [2.45, 2.75) is 109 Å². The van der Waals surface area contributed by atoms with E-state index >= 15 is 0 Å². The number of carbonyl (C=O) groups excluding carboxylic acids is 1. The van der Waals surface area contributed by atoms with Crippen molar-refractivity contribution < 1.29 is 20.4 Å². The maximum atomic E-state index is 11.7. The molecule has 0 aromatic rings. The molecular weight excluding hydrogens is 360 g/mol. The molecule has 0 radical (unpaired) electrons. The van der Waals surface area contributed by atoms with Gasteiger partial charge < -0.3 is 16.2 Å². The molecule has 5 nitrogen and oxygen atoms in total. The average Bonchev–Trinajstić information content (AvgIpc) is 2.64. The van der Waals surface area contributed by atoms with Crippen LogP contribution in [0.25, 0.3) is 0 Å². The van der Waals surface area contributed by atoms with Gasteiger partial charge in [0.15, 0.2) is 6.04 Å². The van der Waals surface area contributed by atoms with E-state index in [4.69, 9.17) is 5.11 Å². The van der Waals surface area contributed by atoms with Crippen LogP contribution in [-0.4, -0.2) is 35.3 Å². The zero-order valence-corrected chi connectivity index (χ0v) is 18.1. The van der Waals surface area contributed by atoms with E-state index in [9.17, 15) is 9.59 Å². The molecular formula is C21H43N2O3S+. The highest BCUT2D eigenvalue weighted by Crippen LogP contribution is 2.13. The van der Waals surface area contributed by atoms with Crippen LogP contribution in [0.15, 0.2) is 0 Å². The van der Waals surface area contributed by atoms with Gasteiger partial charge in [0, 0.05) is 19.4 Å². The van der Waals surface area contributed by atoms with Gasteiger partial charge in [0.25, 0.3) is 5.91 Å². The Kier molecular flexibility index (Phi) is 19.4. The lowest BCUT2D eigenvalue weighted by Crippen LogP contribution is -2.67. The van der Waals surface area contributed by atoms with Crippen LogP contribution in [0.2, 0.25) is 0 Å². The van der Waals surface area contributed by atoms with Crippen LogP contribution in [0.4, 0.5) is 0 Å². The number of aliphatic carboxylic acids is 1. The zero-order valence-electron chi connectivity index (χ0n) is 17.2. The number of carbonyl (C=O) groups is 2. The minimum atomic E-state index is -0.672. The zero-order chi connectivity index (χ0) is 20.2. The highest BCUT2D eigenvalue weighted by atomic mass is 32.1. The van der Waals surface area contributed by atoms with Crippen molar-refractivity contribution in [1.29, 1.82) is 0 Å². The molecule has 6 heteroatoms. The minimum absolute atomic E-state index is 0.0595. The summed E-state index contributed by atoms with van der Waals surface area (Å²) in [5.41, 5.74) is 3.84. The summed E-state index contributed by atoms with van der Waals surface area (Å²) < 4.78 is 0. The Morgan fingerprint density at radius 2 is 1.19 bits per heavy atom. The molecule has 1 amide bonds. The summed E-state index contributed by atoms with van der Waals surface area (Å²) >= 11 is 4.13. The molecule has 0 saturated heterocycles. The van der Waals surface area contributed by atoms with E-state index in [2.05, 4.69) is 23.7 Å². The molecule has 0 aliphatic heterocycles. The maximum Gasteiger partial charge on any atom is 0.303 e. The highest BCUT2D eigenvalue weighted by Gasteiger charge is 2.14. The largest absolute Gasteiger partial charge is 0.481 e. The normalized spacial score (nSPS) is 12.1. The first kappa shape index (κ1) is 26.2. The molecule has 27 heavy (non-hydrogen) atoms. The predicted octanol–water partition coefficient (Wildman–Crippen LogP) is 3.97. The second kappa shape index (κ2) is 20.0. The first-order valence-corrected chi connectivity index (χ1v) is 11.6. The van der Waals surface area contributed by atoms with Gasteiger partial charge in [-0.15, -0.1) is 0 Å². The fourth-order valence-corrected chi connectivity index (χ4v) is 3.48. The number of amides is 1. The summed E-state index contributed by atoms with van der Waals surface area (Å²) in [6.07, 6.45) is 18.1. The lowest BCUT2D eigenvalue weighted by atomic mass is 10.0. The fourth-order valence-electron chi connectivity index (χ4n) is 3.17. The van der Waals surface area contributed by atoms with Gasteiger partial charge in [0.05, 0.1) is 0 Å². The molecule has 0 aromatic heterocycles. The fraction of sp³-hybridized carbons (Fsp3) is 0.905. The quantitative estimate of drug-likeness (QED) is 0.183. The van der Waals surface area contributed by atoms with Crippen molar-refractivity contribution >= 4 is 24.5 Å². The lowest BCUT2D eigenvalue weighted by molar-refractivity contribution is -0.403. The Morgan fingerprint density at radius 1 is 0.778 bits per heavy atom. The van der Waals surface area contributed by atoms with Crippen LogP contribution in [0.3, 0.4) is 0 Å². The molecule has 0 rings (SSSR count). The van der Waals surface area contributed by atoms with Gasteiger partial charge >= 0.3 is 5.97 Å². The van der Waals surface area contributed by atoms with E-state index in [1.807, 2.05) is 0 Å². The van der Waals surface area contributed by atoms with Gasteiger partial charge in [-0.05, 0) is 18.6 Å². The summed E-state index contributed by atoms with van der Waals surface area (Å²) in [7, 11) is 0. The predicted molar refractivity (Wildman–Crippen MR) is 115 cm³/mol. The highest BCUT2D eigenvalue weighted by molar-refractivity contribution is 7.80. The Labute approximate surface area is 171 Å². The first-order valence-electron chi connectivity index (χ1n) is 11.0. The number of rotatable bonds is 20. The van der Waals surface area contributed by atoms with Gasteiger partial charge in [-0.2, -0.15) is 12.6 Å². The molecule has 0 aliphatic carbocycles. The van der Waals surface area contributed by atoms with E-state index in [1.165, 1.54) is 70.6 Å². The second-order valence-electron chi connectivity index (χ2n) is 7.59. The smallest absolute Gasteiger partial charge is 0.303 e. The van der Waals surface area contributed by atoms with Crippen LogP contribution < -0.4 is 11.1 Å². The minimum Gasteiger partial charge on any atom is -0.481 e. The summed E-state index contributed by atoms with van der Waals surface area (Å²) in [6, 6.07) is -0.167. The Bertz CT molecular complexity index is 367. The molecule has 160 valence electrons. The Morgan fingerprint density at radius 3 is 1.59 bits per heavy atom. The van der Waals surface area contributed by atoms with Crippen molar-refractivity contribution in [3.63, 3.8) is 0 Å². The monoisotopic (exact) mass is 403 g/mol. The van der Waals surface area contributed by atoms with Crippen LogP contribution in [-0.2, 0) is 9.59 Å². The Hall–Kier alpha value is -0.750. The first-order chi connectivity index (χ1) is 13.1. The maximum absolute atomic E-state index is 11.7. The number of unbranched alkanes of at least 4 members (excludes halogenated alkanes) is 13. The molecule has 0 fully saturated rings. The third kappa shape index (κ3) is 19.8. The number of thiol groups is 1. The molecule has 5 N–H and O–H groups in total. The molecule has 0 aromatic carbocycles. The van der Waals surface area contributed by atoms with Gasteiger partial charge in [0.2, 0.25) is 0 Å². The van der Waals surface area contributed by atoms with Crippen LogP contribution >= 0.6 is 12.6 Å². The van der Waals surface area contributed by atoms with Crippen LogP contribution in [0.1, 0.15) is 103 Å². The van der Waals surface area contributed by atoms with Crippen molar-refractivity contribution in [3.05, 3.63) is 0 Å². The molecule has 0 aliphatic rings. The van der Waals surface area contributed by atoms with Gasteiger partial charge in [0.1, 0.15) is 0 Å². The molecule has 0 spiro atoms. The van der Waals surface area contributed by atoms with Crippen LogP contribution in [0, 0.1) is 0 Å². The van der Waals surface area contributed by atoms with Crippen molar-refractivity contribution in [2.24, 2.45) is 0 Å². The summed E-state index contributed by atoms with van der Waals surface area (Å²) in [4.78, 5) is 22.1. The van der Waals surface area contributed by atoms with E-state index in [-0.39, 0.29) is 11.9 Å². The number of quaternary nitrogens is 1. The summed E-state index contributed by atoms with van der Waals surface area (Å²) in [6.45, 7) is 0.772. The number of nitrogens with one attached hydrogen (secondary N) is 1.